The van der Waals surface area contributed by atoms with Gasteiger partial charge in [-0.25, -0.2) is 0 Å². The number of hydrogen-bond donors (Lipinski definition) is 1. The van der Waals surface area contributed by atoms with Crippen LogP contribution in [0.25, 0.3) is 10.6 Å². The zero-order valence-corrected chi connectivity index (χ0v) is 12.0. The van der Waals surface area contributed by atoms with Crippen LogP contribution in [0.2, 0.25) is 0 Å². The van der Waals surface area contributed by atoms with E-state index < -0.39 is 5.60 Å². The summed E-state index contributed by atoms with van der Waals surface area (Å²) < 4.78 is 5.20. The summed E-state index contributed by atoms with van der Waals surface area (Å²) in [6.45, 7) is 2.77. The number of aromatic nitrogens is 1. The second-order valence-electron chi connectivity index (χ2n) is 5.19. The van der Waals surface area contributed by atoms with Gasteiger partial charge in [0.25, 0.3) is 5.91 Å². The molecule has 106 valence electrons. The normalized spacial score (nSPS) is 17.0. The second-order valence-corrected chi connectivity index (χ2v) is 6.14. The molecule has 5 nitrogen and oxygen atoms in total. The summed E-state index contributed by atoms with van der Waals surface area (Å²) in [6.07, 6.45) is 1.63. The number of thiophene rings is 1. The molecule has 0 bridgehead atoms. The van der Waals surface area contributed by atoms with E-state index >= 15 is 0 Å². The van der Waals surface area contributed by atoms with Crippen molar-refractivity contribution in [2.75, 3.05) is 13.1 Å². The van der Waals surface area contributed by atoms with Gasteiger partial charge in [0.15, 0.2) is 11.5 Å². The minimum Gasteiger partial charge on any atom is -0.386 e. The van der Waals surface area contributed by atoms with Crippen molar-refractivity contribution in [2.24, 2.45) is 0 Å². The summed E-state index contributed by atoms with van der Waals surface area (Å²) in [5.41, 5.74) is -0.419. The zero-order valence-electron chi connectivity index (χ0n) is 11.2. The summed E-state index contributed by atoms with van der Waals surface area (Å²) in [5.74, 6) is 0.421. The largest absolute Gasteiger partial charge is 0.386 e. The molecule has 0 spiro atoms. The topological polar surface area (TPSA) is 66.6 Å². The summed E-state index contributed by atoms with van der Waals surface area (Å²) in [6, 6.07) is 5.50. The van der Waals surface area contributed by atoms with Crippen molar-refractivity contribution < 1.29 is 14.4 Å². The van der Waals surface area contributed by atoms with E-state index in [-0.39, 0.29) is 5.91 Å². The molecule has 2 aromatic heterocycles. The van der Waals surface area contributed by atoms with Gasteiger partial charge in [-0.15, -0.1) is 11.3 Å². The summed E-state index contributed by atoms with van der Waals surface area (Å²) in [7, 11) is 0. The highest BCUT2D eigenvalue weighted by molar-refractivity contribution is 7.13. The lowest BCUT2D eigenvalue weighted by Gasteiger charge is -2.46. The Morgan fingerprint density at radius 3 is 3.05 bits per heavy atom. The molecule has 1 amide bonds. The minimum absolute atomic E-state index is 0.183. The molecule has 1 aliphatic rings. The first kappa shape index (κ1) is 13.3. The Kier molecular flexibility index (Phi) is 3.35. The lowest BCUT2D eigenvalue weighted by Crippen LogP contribution is -2.63. The predicted octanol–water partition coefficient (Wildman–Crippen LogP) is 2.39. The van der Waals surface area contributed by atoms with Crippen molar-refractivity contribution in [3.63, 3.8) is 0 Å². The fraction of sp³-hybridized carbons (Fsp3) is 0.429. The van der Waals surface area contributed by atoms with Crippen LogP contribution in [0.3, 0.4) is 0 Å². The number of nitrogens with zero attached hydrogens (tertiary/aromatic N) is 2. The molecular weight excluding hydrogens is 276 g/mol. The van der Waals surface area contributed by atoms with Gasteiger partial charge in [-0.2, -0.15) is 0 Å². The Labute approximate surface area is 120 Å². The van der Waals surface area contributed by atoms with Gasteiger partial charge >= 0.3 is 0 Å². The van der Waals surface area contributed by atoms with E-state index in [0.29, 0.717) is 24.5 Å². The molecule has 0 atom stereocenters. The highest BCUT2D eigenvalue weighted by Crippen LogP contribution is 2.29. The van der Waals surface area contributed by atoms with Gasteiger partial charge in [-0.1, -0.05) is 24.6 Å². The van der Waals surface area contributed by atoms with E-state index in [1.807, 2.05) is 24.4 Å². The number of amides is 1. The molecule has 0 saturated carbocycles. The number of β-amino-alcohol motifs (C(OH)–C–C–N with tert-alkyl or cyclic N) is 1. The Bertz CT molecular complexity index is 600. The highest BCUT2D eigenvalue weighted by atomic mass is 32.1. The van der Waals surface area contributed by atoms with Crippen LogP contribution in [0.1, 0.15) is 30.3 Å². The SMILES string of the molecule is CCCC1(O)CN(C(=O)c2cc(-c3cccs3)on2)C1. The van der Waals surface area contributed by atoms with Crippen LogP contribution in [-0.4, -0.2) is 39.8 Å². The van der Waals surface area contributed by atoms with Crippen LogP contribution in [0, 0.1) is 0 Å². The maximum absolute atomic E-state index is 12.2. The van der Waals surface area contributed by atoms with Gasteiger partial charge in [-0.05, 0) is 17.9 Å². The van der Waals surface area contributed by atoms with E-state index in [1.54, 1.807) is 11.0 Å². The molecular formula is C14H16N2O3S. The van der Waals surface area contributed by atoms with Crippen LogP contribution < -0.4 is 0 Å². The van der Waals surface area contributed by atoms with Crippen LogP contribution in [0.15, 0.2) is 28.1 Å². The molecule has 0 radical (unpaired) electrons. The quantitative estimate of drug-likeness (QED) is 0.939. The Morgan fingerprint density at radius 2 is 2.40 bits per heavy atom. The molecule has 6 heteroatoms. The Morgan fingerprint density at radius 1 is 1.60 bits per heavy atom. The van der Waals surface area contributed by atoms with E-state index in [4.69, 9.17) is 4.52 Å². The van der Waals surface area contributed by atoms with E-state index in [1.165, 1.54) is 11.3 Å². The maximum atomic E-state index is 12.2. The minimum atomic E-state index is -0.718. The molecule has 2 aromatic rings. The van der Waals surface area contributed by atoms with Crippen LogP contribution in [-0.2, 0) is 0 Å². The van der Waals surface area contributed by atoms with Crippen LogP contribution in [0.5, 0.6) is 0 Å². The fourth-order valence-corrected chi connectivity index (χ4v) is 3.18. The molecule has 1 N–H and O–H groups in total. The number of hydrogen-bond acceptors (Lipinski definition) is 5. The lowest BCUT2D eigenvalue weighted by atomic mass is 9.89. The summed E-state index contributed by atoms with van der Waals surface area (Å²) in [5, 5.41) is 15.9. The van der Waals surface area contributed by atoms with Gasteiger partial charge in [0.1, 0.15) is 0 Å². The number of carbonyl (C=O) groups excluding carboxylic acids is 1. The number of rotatable bonds is 4. The molecule has 3 heterocycles. The molecule has 0 aromatic carbocycles. The van der Waals surface area contributed by atoms with Crippen molar-refractivity contribution in [2.45, 2.75) is 25.4 Å². The molecule has 1 fully saturated rings. The predicted molar refractivity (Wildman–Crippen MR) is 75.6 cm³/mol. The molecule has 20 heavy (non-hydrogen) atoms. The summed E-state index contributed by atoms with van der Waals surface area (Å²) in [4.78, 5) is 14.7. The Balaban J connectivity index is 1.67. The van der Waals surface area contributed by atoms with Crippen molar-refractivity contribution in [3.05, 3.63) is 29.3 Å². The smallest absolute Gasteiger partial charge is 0.276 e. The molecule has 1 saturated heterocycles. The zero-order chi connectivity index (χ0) is 14.2. The van der Waals surface area contributed by atoms with E-state index in [9.17, 15) is 9.90 Å². The summed E-state index contributed by atoms with van der Waals surface area (Å²) >= 11 is 1.54. The maximum Gasteiger partial charge on any atom is 0.276 e. The molecule has 1 aliphatic heterocycles. The second kappa shape index (κ2) is 5.03. The third-order valence-electron chi connectivity index (χ3n) is 3.47. The third kappa shape index (κ3) is 2.36. The van der Waals surface area contributed by atoms with Gasteiger partial charge in [0.05, 0.1) is 23.6 Å². The van der Waals surface area contributed by atoms with Gasteiger partial charge in [0, 0.05) is 6.07 Å². The Hall–Kier alpha value is -1.66. The first-order valence-corrected chi connectivity index (χ1v) is 7.51. The van der Waals surface area contributed by atoms with Crippen molar-refractivity contribution in [3.8, 4) is 10.6 Å². The first-order chi connectivity index (χ1) is 9.61. The molecule has 3 rings (SSSR count). The van der Waals surface area contributed by atoms with Crippen molar-refractivity contribution in [1.82, 2.24) is 10.1 Å². The van der Waals surface area contributed by atoms with Gasteiger partial charge < -0.3 is 14.5 Å². The fourth-order valence-electron chi connectivity index (χ4n) is 2.50. The average Bonchev–Trinajstić information content (AvgIpc) is 3.05. The molecule has 0 unspecified atom stereocenters. The van der Waals surface area contributed by atoms with Crippen molar-refractivity contribution in [1.29, 1.82) is 0 Å². The lowest BCUT2D eigenvalue weighted by molar-refractivity contribution is -0.0862. The van der Waals surface area contributed by atoms with Crippen molar-refractivity contribution >= 4 is 17.2 Å². The first-order valence-electron chi connectivity index (χ1n) is 6.63. The highest BCUT2D eigenvalue weighted by Gasteiger charge is 2.43. The molecule has 0 aliphatic carbocycles. The monoisotopic (exact) mass is 292 g/mol. The van der Waals surface area contributed by atoms with E-state index in [2.05, 4.69) is 5.16 Å². The van der Waals surface area contributed by atoms with Crippen LogP contribution in [0.4, 0.5) is 0 Å². The van der Waals surface area contributed by atoms with Crippen LogP contribution >= 0.6 is 11.3 Å². The number of likely N-dealkylation sites (tertiary alicyclic amines) is 1. The average molecular weight is 292 g/mol. The number of aliphatic hydroxyl groups is 1. The standard InChI is InChI=1S/C14H16N2O3S/c1-2-5-14(18)8-16(9-14)13(17)10-7-11(19-15-10)12-4-3-6-20-12/h3-4,6-7,18H,2,5,8-9H2,1H3. The number of carbonyl (C=O) groups is 1. The van der Waals surface area contributed by atoms with Gasteiger partial charge in [0.2, 0.25) is 0 Å². The third-order valence-corrected chi connectivity index (χ3v) is 4.35. The van der Waals surface area contributed by atoms with E-state index in [0.717, 1.165) is 17.7 Å². The van der Waals surface area contributed by atoms with Gasteiger partial charge in [-0.3, -0.25) is 4.79 Å².